The molecule has 3 N–H and O–H groups in total. The second kappa shape index (κ2) is 12.1. The van der Waals surface area contributed by atoms with Gasteiger partial charge in [-0.1, -0.05) is 31.9 Å². The number of rotatable bonds is 7. The van der Waals surface area contributed by atoms with E-state index >= 15 is 0 Å². The maximum Gasteiger partial charge on any atom is 0.224 e. The van der Waals surface area contributed by atoms with Crippen LogP contribution in [0, 0.1) is 0 Å². The van der Waals surface area contributed by atoms with Gasteiger partial charge >= 0.3 is 0 Å². The summed E-state index contributed by atoms with van der Waals surface area (Å²) in [6.45, 7) is 5.53. The fraction of sp³-hybridized carbons (Fsp3) is 0.579. The van der Waals surface area contributed by atoms with E-state index in [4.69, 9.17) is 0 Å². The van der Waals surface area contributed by atoms with Crippen LogP contribution in [-0.4, -0.2) is 24.5 Å². The lowest BCUT2D eigenvalue weighted by Crippen LogP contribution is -2.42. The summed E-state index contributed by atoms with van der Waals surface area (Å²) in [5, 5.41) is 9.77. The number of carbonyl (C=O) groups is 1. The van der Waals surface area contributed by atoms with E-state index < -0.39 is 0 Å². The summed E-state index contributed by atoms with van der Waals surface area (Å²) in [6.07, 6.45) is 6.47. The lowest BCUT2D eigenvalue weighted by Gasteiger charge is -2.16. The number of benzene rings is 1. The van der Waals surface area contributed by atoms with Crippen LogP contribution in [0.2, 0.25) is 0 Å². The summed E-state index contributed by atoms with van der Waals surface area (Å²) in [5.41, 5.74) is 1.93. The Bertz CT molecular complexity index is 556. The highest BCUT2D eigenvalue weighted by molar-refractivity contribution is 14.0. The van der Waals surface area contributed by atoms with E-state index in [0.29, 0.717) is 19.0 Å². The molecule has 0 spiro atoms. The number of amides is 1. The first-order valence-corrected chi connectivity index (χ1v) is 9.15. The summed E-state index contributed by atoms with van der Waals surface area (Å²) in [6, 6.07) is 8.46. The first-order chi connectivity index (χ1) is 11.7. The quantitative estimate of drug-likeness (QED) is 0.328. The molecule has 1 aliphatic carbocycles. The Morgan fingerprint density at radius 1 is 1.24 bits per heavy atom. The molecule has 25 heavy (non-hydrogen) atoms. The lowest BCUT2D eigenvalue weighted by atomic mass is 10.2. The molecule has 0 aliphatic heterocycles. The van der Waals surface area contributed by atoms with E-state index in [1.807, 2.05) is 31.2 Å². The molecule has 1 aromatic rings. The molecule has 0 radical (unpaired) electrons. The van der Waals surface area contributed by atoms with E-state index in [1.54, 1.807) is 0 Å². The van der Waals surface area contributed by atoms with Crippen molar-refractivity contribution in [2.75, 3.05) is 11.9 Å². The zero-order chi connectivity index (χ0) is 17.2. The van der Waals surface area contributed by atoms with Gasteiger partial charge in [-0.25, -0.2) is 4.99 Å². The van der Waals surface area contributed by atoms with E-state index in [1.165, 1.54) is 25.7 Å². The van der Waals surface area contributed by atoms with Crippen LogP contribution < -0.4 is 16.0 Å². The summed E-state index contributed by atoms with van der Waals surface area (Å²) in [4.78, 5) is 16.4. The zero-order valence-electron chi connectivity index (χ0n) is 15.3. The minimum atomic E-state index is 0. The number of anilines is 1. The molecule has 1 aliphatic rings. The van der Waals surface area contributed by atoms with Crippen LogP contribution in [-0.2, 0) is 11.3 Å². The molecule has 0 aromatic heterocycles. The number of aliphatic imine (C=N–C) groups is 1. The fourth-order valence-electron chi connectivity index (χ4n) is 2.95. The zero-order valence-corrected chi connectivity index (χ0v) is 17.6. The molecule has 1 aromatic carbocycles. The largest absolute Gasteiger partial charge is 0.357 e. The van der Waals surface area contributed by atoms with Crippen LogP contribution in [0.5, 0.6) is 0 Å². The van der Waals surface area contributed by atoms with Crippen molar-refractivity contribution in [3.8, 4) is 0 Å². The number of hydrogen-bond acceptors (Lipinski definition) is 2. The van der Waals surface area contributed by atoms with Crippen molar-refractivity contribution in [3.63, 3.8) is 0 Å². The summed E-state index contributed by atoms with van der Waals surface area (Å²) >= 11 is 0. The number of nitrogens with one attached hydrogen (secondary N) is 3. The molecule has 2 rings (SSSR count). The Kier molecular flexibility index (Phi) is 10.5. The van der Waals surface area contributed by atoms with E-state index in [0.717, 1.165) is 30.2 Å². The van der Waals surface area contributed by atoms with Gasteiger partial charge in [-0.15, -0.1) is 24.0 Å². The van der Waals surface area contributed by atoms with Crippen molar-refractivity contribution in [1.82, 2.24) is 10.6 Å². The minimum absolute atomic E-state index is 0. The van der Waals surface area contributed by atoms with Crippen molar-refractivity contribution in [1.29, 1.82) is 0 Å². The second-order valence-corrected chi connectivity index (χ2v) is 6.32. The second-order valence-electron chi connectivity index (χ2n) is 6.32. The number of carbonyl (C=O) groups excluding carboxylic acids is 1. The Morgan fingerprint density at radius 2 is 2.00 bits per heavy atom. The normalized spacial score (nSPS) is 14.7. The number of nitrogens with zero attached hydrogens (tertiary/aromatic N) is 1. The van der Waals surface area contributed by atoms with Crippen molar-refractivity contribution in [2.24, 2.45) is 4.99 Å². The average Bonchev–Trinajstić information content (AvgIpc) is 3.06. The Hall–Kier alpha value is -1.31. The molecular weight excluding hydrogens is 427 g/mol. The molecule has 0 atom stereocenters. The molecule has 0 bridgehead atoms. The summed E-state index contributed by atoms with van der Waals surface area (Å²) in [7, 11) is 0. The Labute approximate surface area is 168 Å². The van der Waals surface area contributed by atoms with Crippen molar-refractivity contribution in [2.45, 2.75) is 65.0 Å². The van der Waals surface area contributed by atoms with Crippen LogP contribution in [0.3, 0.4) is 0 Å². The third-order valence-corrected chi connectivity index (χ3v) is 4.15. The molecule has 0 heterocycles. The Morgan fingerprint density at radius 3 is 2.68 bits per heavy atom. The molecule has 1 amide bonds. The summed E-state index contributed by atoms with van der Waals surface area (Å²) < 4.78 is 0. The van der Waals surface area contributed by atoms with Crippen LogP contribution in [0.4, 0.5) is 5.69 Å². The van der Waals surface area contributed by atoms with Gasteiger partial charge in [0.2, 0.25) is 5.91 Å². The van der Waals surface area contributed by atoms with Crippen LogP contribution in [0.25, 0.3) is 0 Å². The van der Waals surface area contributed by atoms with Crippen molar-refractivity contribution < 1.29 is 4.79 Å². The monoisotopic (exact) mass is 458 g/mol. The van der Waals surface area contributed by atoms with E-state index in [-0.39, 0.29) is 29.9 Å². The first-order valence-electron chi connectivity index (χ1n) is 9.15. The van der Waals surface area contributed by atoms with Gasteiger partial charge in [0, 0.05) is 24.7 Å². The van der Waals surface area contributed by atoms with Gasteiger partial charge < -0.3 is 16.0 Å². The highest BCUT2D eigenvalue weighted by atomic mass is 127. The molecular formula is C19H31IN4O. The van der Waals surface area contributed by atoms with E-state index in [2.05, 4.69) is 27.9 Å². The Balaban J connectivity index is 0.00000312. The third kappa shape index (κ3) is 8.07. The van der Waals surface area contributed by atoms with Crippen LogP contribution in [0.15, 0.2) is 29.3 Å². The fourth-order valence-corrected chi connectivity index (χ4v) is 2.95. The predicted molar refractivity (Wildman–Crippen MR) is 116 cm³/mol. The molecule has 5 nitrogen and oxygen atoms in total. The number of halogens is 1. The average molecular weight is 458 g/mol. The standard InChI is InChI=1S/C19H30N4O.HI/c1-3-8-18(24)22-17-12-7-9-15(13-17)14-21-19(20-4-2)23-16-10-5-6-11-16;/h7,9,12-13,16H,3-6,8,10-11,14H2,1-2H3,(H,22,24)(H2,20,21,23);1H. The molecule has 1 saturated carbocycles. The van der Waals surface area contributed by atoms with Gasteiger partial charge in [0.1, 0.15) is 0 Å². The van der Waals surface area contributed by atoms with Gasteiger partial charge in [-0.3, -0.25) is 4.79 Å². The molecule has 1 fully saturated rings. The van der Waals surface area contributed by atoms with Crippen molar-refractivity contribution >= 4 is 41.5 Å². The molecule has 140 valence electrons. The summed E-state index contributed by atoms with van der Waals surface area (Å²) in [5.74, 6) is 0.944. The number of guanidine groups is 1. The van der Waals surface area contributed by atoms with E-state index in [9.17, 15) is 4.79 Å². The maximum atomic E-state index is 11.7. The van der Waals surface area contributed by atoms with Gasteiger partial charge in [-0.2, -0.15) is 0 Å². The van der Waals surface area contributed by atoms with Crippen LogP contribution in [0.1, 0.15) is 57.9 Å². The third-order valence-electron chi connectivity index (χ3n) is 4.15. The minimum Gasteiger partial charge on any atom is -0.357 e. The topological polar surface area (TPSA) is 65.5 Å². The molecule has 0 unspecified atom stereocenters. The van der Waals surface area contributed by atoms with Gasteiger partial charge in [0.05, 0.1) is 6.54 Å². The van der Waals surface area contributed by atoms with Crippen molar-refractivity contribution in [3.05, 3.63) is 29.8 Å². The highest BCUT2D eigenvalue weighted by Crippen LogP contribution is 2.17. The van der Waals surface area contributed by atoms with Gasteiger partial charge in [0.15, 0.2) is 5.96 Å². The first kappa shape index (κ1) is 21.7. The lowest BCUT2D eigenvalue weighted by molar-refractivity contribution is -0.116. The number of hydrogen-bond donors (Lipinski definition) is 3. The molecule has 6 heteroatoms. The SMILES string of the molecule is CCCC(=O)Nc1cccc(CN=C(NCC)NC2CCCC2)c1.I. The predicted octanol–water partition coefficient (Wildman–Crippen LogP) is 4.04. The van der Waals surface area contributed by atoms with Gasteiger partial charge in [-0.05, 0) is 43.9 Å². The highest BCUT2D eigenvalue weighted by Gasteiger charge is 2.15. The smallest absolute Gasteiger partial charge is 0.224 e. The van der Waals surface area contributed by atoms with Gasteiger partial charge in [0.25, 0.3) is 0 Å². The molecule has 0 saturated heterocycles. The van der Waals surface area contributed by atoms with Crippen LogP contribution >= 0.6 is 24.0 Å². The maximum absolute atomic E-state index is 11.7.